The molecule has 0 radical (unpaired) electrons. The Kier molecular flexibility index (Phi) is 8.73. The van der Waals surface area contributed by atoms with Crippen molar-refractivity contribution >= 4 is 11.6 Å². The van der Waals surface area contributed by atoms with Gasteiger partial charge in [0.15, 0.2) is 11.5 Å². The van der Waals surface area contributed by atoms with Crippen LogP contribution in [0.25, 0.3) is 0 Å². The lowest BCUT2D eigenvalue weighted by Crippen LogP contribution is -2.60. The van der Waals surface area contributed by atoms with Crippen LogP contribution < -0.4 is 20.1 Å². The van der Waals surface area contributed by atoms with Gasteiger partial charge in [-0.25, -0.2) is 0 Å². The van der Waals surface area contributed by atoms with Gasteiger partial charge in [-0.1, -0.05) is 44.2 Å². The van der Waals surface area contributed by atoms with E-state index in [0.717, 1.165) is 70.2 Å². The molecule has 46 heavy (non-hydrogen) atoms. The van der Waals surface area contributed by atoms with Gasteiger partial charge < -0.3 is 20.1 Å². The van der Waals surface area contributed by atoms with E-state index in [4.69, 9.17) is 15.2 Å². The number of piperazine rings is 1. The number of piperidine rings is 1. The molecular weight excluding hydrogens is 572 g/mol. The Morgan fingerprint density at radius 2 is 1.78 bits per heavy atom. The Balaban J connectivity index is 1.05. The van der Waals surface area contributed by atoms with Crippen LogP contribution in [0.2, 0.25) is 0 Å². The summed E-state index contributed by atoms with van der Waals surface area (Å²) in [7, 11) is 1.76. The quantitative estimate of drug-likeness (QED) is 0.307. The van der Waals surface area contributed by atoms with Gasteiger partial charge in [-0.15, -0.1) is 0 Å². The molecule has 2 N–H and O–H groups in total. The molecule has 3 aliphatic heterocycles. The third-order valence-corrected chi connectivity index (χ3v) is 11.3. The Morgan fingerprint density at radius 3 is 2.50 bits per heavy atom. The number of rotatable bonds is 8. The molecule has 1 amide bonds. The maximum Gasteiger partial charge on any atom is 0.248 e. The molecule has 3 aromatic carbocycles. The fraction of sp³-hybridized carbons (Fsp3) is 0.513. The van der Waals surface area contributed by atoms with Gasteiger partial charge in [-0.2, -0.15) is 0 Å². The number of amides is 1. The van der Waals surface area contributed by atoms with Gasteiger partial charge in [0.05, 0.1) is 13.7 Å². The monoisotopic (exact) mass is 622 g/mol. The summed E-state index contributed by atoms with van der Waals surface area (Å²) in [5, 5.41) is 0. The van der Waals surface area contributed by atoms with Crippen molar-refractivity contribution in [3.63, 3.8) is 0 Å². The van der Waals surface area contributed by atoms with Crippen LogP contribution in [0.1, 0.15) is 90.5 Å². The molecule has 7 nitrogen and oxygen atoms in total. The Hall–Kier alpha value is -3.55. The molecule has 0 aromatic heterocycles. The van der Waals surface area contributed by atoms with Crippen LogP contribution in [0, 0.1) is 5.41 Å². The lowest BCUT2D eigenvalue weighted by molar-refractivity contribution is -0.0628. The molecule has 1 saturated carbocycles. The van der Waals surface area contributed by atoms with Crippen LogP contribution in [0.15, 0.2) is 60.7 Å². The van der Waals surface area contributed by atoms with Crippen molar-refractivity contribution < 1.29 is 14.3 Å². The number of hydrogen-bond acceptors (Lipinski definition) is 6. The number of fused-ring (bicyclic) bond motifs is 1. The maximum absolute atomic E-state index is 11.5. The zero-order valence-electron chi connectivity index (χ0n) is 27.8. The predicted molar refractivity (Wildman–Crippen MR) is 184 cm³/mol. The van der Waals surface area contributed by atoms with Crippen LogP contribution >= 0.6 is 0 Å². The van der Waals surface area contributed by atoms with E-state index in [2.05, 4.69) is 64.9 Å². The second-order valence-electron chi connectivity index (χ2n) is 14.5. The van der Waals surface area contributed by atoms with Gasteiger partial charge in [0, 0.05) is 62.6 Å². The minimum absolute atomic E-state index is 0.367. The average Bonchev–Trinajstić information content (AvgIpc) is 3.07. The molecule has 7 rings (SSSR count). The molecule has 7 heteroatoms. The van der Waals surface area contributed by atoms with Crippen LogP contribution in [-0.2, 0) is 13.0 Å². The molecule has 1 atom stereocenters. The number of hydrogen-bond donors (Lipinski definition) is 1. The summed E-state index contributed by atoms with van der Waals surface area (Å²) >= 11 is 0. The lowest BCUT2D eigenvalue weighted by Gasteiger charge is -2.58. The van der Waals surface area contributed by atoms with E-state index in [0.29, 0.717) is 29.0 Å². The topological polar surface area (TPSA) is 71.3 Å². The number of anilines is 1. The molecule has 3 fully saturated rings. The van der Waals surface area contributed by atoms with Crippen molar-refractivity contribution in [1.29, 1.82) is 0 Å². The molecular formula is C39H50N4O3. The number of benzene rings is 3. The third kappa shape index (κ3) is 6.12. The molecule has 3 aromatic rings. The van der Waals surface area contributed by atoms with E-state index in [1.807, 2.05) is 24.3 Å². The van der Waals surface area contributed by atoms with E-state index in [-0.39, 0.29) is 5.91 Å². The molecule has 1 aliphatic carbocycles. The normalized spacial score (nSPS) is 21.9. The van der Waals surface area contributed by atoms with E-state index in [1.165, 1.54) is 53.6 Å². The first-order valence-corrected chi connectivity index (χ1v) is 17.4. The number of aryl methyl sites for hydroxylation is 1. The second kappa shape index (κ2) is 12.9. The molecule has 1 spiro atoms. The number of carbonyl (C=O) groups excluding carboxylic acids is 1. The van der Waals surface area contributed by atoms with E-state index in [1.54, 1.807) is 7.11 Å². The van der Waals surface area contributed by atoms with Gasteiger partial charge in [0.25, 0.3) is 0 Å². The summed E-state index contributed by atoms with van der Waals surface area (Å²) < 4.78 is 11.8. The highest BCUT2D eigenvalue weighted by molar-refractivity contribution is 5.93. The number of carbonyl (C=O) groups is 1. The summed E-state index contributed by atoms with van der Waals surface area (Å²) in [6, 6.07) is 22.6. The van der Waals surface area contributed by atoms with Crippen LogP contribution in [0.4, 0.5) is 5.69 Å². The molecule has 2 saturated heterocycles. The second-order valence-corrected chi connectivity index (χ2v) is 14.5. The first-order chi connectivity index (χ1) is 22.3. The molecule has 244 valence electrons. The maximum atomic E-state index is 11.5. The van der Waals surface area contributed by atoms with Crippen molar-refractivity contribution in [1.82, 2.24) is 9.80 Å². The largest absolute Gasteiger partial charge is 0.493 e. The zero-order valence-corrected chi connectivity index (χ0v) is 27.8. The summed E-state index contributed by atoms with van der Waals surface area (Å²) in [6.07, 6.45) is 7.18. The Bertz CT molecular complexity index is 1520. The van der Waals surface area contributed by atoms with E-state index < -0.39 is 0 Å². The minimum atomic E-state index is -0.367. The summed E-state index contributed by atoms with van der Waals surface area (Å²) in [5.41, 5.74) is 13.3. The molecule has 0 bridgehead atoms. The number of nitrogens with two attached hydrogens (primary N) is 1. The van der Waals surface area contributed by atoms with Crippen molar-refractivity contribution in [3.8, 4) is 11.5 Å². The Morgan fingerprint density at radius 1 is 1.02 bits per heavy atom. The van der Waals surface area contributed by atoms with E-state index >= 15 is 0 Å². The van der Waals surface area contributed by atoms with Crippen molar-refractivity contribution in [2.75, 3.05) is 51.3 Å². The highest BCUT2D eigenvalue weighted by atomic mass is 16.5. The first-order valence-electron chi connectivity index (χ1n) is 17.4. The van der Waals surface area contributed by atoms with Gasteiger partial charge >= 0.3 is 0 Å². The third-order valence-electron chi connectivity index (χ3n) is 11.3. The Labute approximate surface area is 274 Å². The van der Waals surface area contributed by atoms with Gasteiger partial charge in [-0.05, 0) is 102 Å². The average molecular weight is 623 g/mol. The molecule has 3 heterocycles. The van der Waals surface area contributed by atoms with Crippen molar-refractivity contribution in [3.05, 3.63) is 88.5 Å². The smallest absolute Gasteiger partial charge is 0.248 e. The fourth-order valence-corrected chi connectivity index (χ4v) is 8.72. The standard InChI is InChI=1S/C39H50N4O3/c1-27(2)33-8-4-5-9-34(33)35-26-41(25-28-21-30-7-6-20-46-37(30)36(22-28)45-3)18-19-43(35)32-23-39(24-32)14-16-42(17-15-39)31-12-10-29(11-13-31)38(40)44/h4-5,8-13,21-22,27,32,35H,6-7,14-20,23-26H2,1-3H3,(H2,40,44)/t35-/m0/s1. The lowest BCUT2D eigenvalue weighted by atomic mass is 9.59. The first kappa shape index (κ1) is 31.1. The van der Waals surface area contributed by atoms with Crippen LogP contribution in [-0.4, -0.2) is 68.2 Å². The van der Waals surface area contributed by atoms with Crippen molar-refractivity contribution in [2.24, 2.45) is 11.1 Å². The van der Waals surface area contributed by atoms with Gasteiger partial charge in [0.2, 0.25) is 5.91 Å². The molecule has 0 unspecified atom stereocenters. The van der Waals surface area contributed by atoms with Crippen LogP contribution in [0.3, 0.4) is 0 Å². The number of ether oxygens (including phenoxy) is 2. The highest BCUT2D eigenvalue weighted by Crippen LogP contribution is 2.53. The van der Waals surface area contributed by atoms with Gasteiger partial charge in [0.1, 0.15) is 0 Å². The number of methoxy groups -OCH3 is 1. The highest BCUT2D eigenvalue weighted by Gasteiger charge is 2.50. The molecule has 4 aliphatic rings. The fourth-order valence-electron chi connectivity index (χ4n) is 8.72. The van der Waals surface area contributed by atoms with Crippen LogP contribution in [0.5, 0.6) is 11.5 Å². The summed E-state index contributed by atoms with van der Waals surface area (Å²) in [4.78, 5) is 19.5. The SMILES string of the molecule is COc1cc(CN2CCN(C3CC4(CCN(c5ccc(C(N)=O)cc5)CC4)C3)[C@H](c3ccccc3C(C)C)C2)cc2c1OCCC2. The van der Waals surface area contributed by atoms with E-state index in [9.17, 15) is 4.79 Å². The minimum Gasteiger partial charge on any atom is -0.493 e. The predicted octanol–water partition coefficient (Wildman–Crippen LogP) is 6.55. The summed E-state index contributed by atoms with van der Waals surface area (Å²) in [6.45, 7) is 11.7. The number of nitrogens with zero attached hydrogens (tertiary/aromatic N) is 3. The zero-order chi connectivity index (χ0) is 31.8. The summed E-state index contributed by atoms with van der Waals surface area (Å²) in [5.74, 6) is 1.94. The van der Waals surface area contributed by atoms with Crippen molar-refractivity contribution in [2.45, 2.75) is 76.9 Å². The number of primary amides is 1. The van der Waals surface area contributed by atoms with Gasteiger partial charge in [-0.3, -0.25) is 14.6 Å².